The molecular weight excluding hydrogens is 442 g/mol. The molecule has 2 aromatic heterocycles. The molecule has 3 aromatic rings. The van der Waals surface area contributed by atoms with Gasteiger partial charge in [-0.05, 0) is 47.5 Å². The van der Waals surface area contributed by atoms with Crippen LogP contribution in [0.15, 0.2) is 46.0 Å². The Kier molecular flexibility index (Phi) is 5.40. The number of nitrogens with zero attached hydrogens (tertiary/aromatic N) is 4. The van der Waals surface area contributed by atoms with Gasteiger partial charge in [0.15, 0.2) is 5.82 Å². The first-order valence-corrected chi connectivity index (χ1v) is 10.5. The van der Waals surface area contributed by atoms with E-state index in [4.69, 9.17) is 11.6 Å². The molecule has 0 aliphatic rings. The molecule has 1 N–H and O–H groups in total. The normalized spacial score (nSPS) is 11.7. The Morgan fingerprint density at radius 2 is 1.85 bits per heavy atom. The molecule has 1 aromatic carbocycles. The fourth-order valence-electron chi connectivity index (χ4n) is 2.43. The molecule has 0 spiro atoms. The highest BCUT2D eigenvalue weighted by atomic mass is 79.9. The molecule has 2 heterocycles. The van der Waals surface area contributed by atoms with Crippen molar-refractivity contribution in [2.45, 2.75) is 31.8 Å². The first kappa shape index (κ1) is 18.9. The molecule has 3 rings (SSSR count). The standard InChI is InChI=1S/C16H17BrClN5O2S/c1-3-22-10-15(11(2)19-22)26(24,25)21-16-14(17)9-23(20-16)8-12-4-6-13(18)7-5-12/h4-7,9-10H,3,8H2,1-2H3,(H,20,21). The van der Waals surface area contributed by atoms with Crippen LogP contribution in [0.25, 0.3) is 0 Å². The van der Waals surface area contributed by atoms with E-state index in [2.05, 4.69) is 30.8 Å². The van der Waals surface area contributed by atoms with Crippen LogP contribution >= 0.6 is 27.5 Å². The summed E-state index contributed by atoms with van der Waals surface area (Å²) >= 11 is 9.24. The van der Waals surface area contributed by atoms with Crippen LogP contribution in [-0.2, 0) is 23.1 Å². The smallest absolute Gasteiger partial charge is 0.266 e. The van der Waals surface area contributed by atoms with Gasteiger partial charge in [-0.1, -0.05) is 23.7 Å². The van der Waals surface area contributed by atoms with Crippen molar-refractivity contribution in [3.8, 4) is 0 Å². The lowest BCUT2D eigenvalue weighted by Crippen LogP contribution is -2.14. The summed E-state index contributed by atoms with van der Waals surface area (Å²) in [7, 11) is -3.78. The fourth-order valence-corrected chi connectivity index (χ4v) is 4.31. The van der Waals surface area contributed by atoms with Gasteiger partial charge in [0.05, 0.1) is 16.7 Å². The largest absolute Gasteiger partial charge is 0.271 e. The number of nitrogens with one attached hydrogen (secondary N) is 1. The summed E-state index contributed by atoms with van der Waals surface area (Å²) in [6.45, 7) is 4.64. The van der Waals surface area contributed by atoms with Crippen LogP contribution in [0.5, 0.6) is 0 Å². The molecule has 0 unspecified atom stereocenters. The first-order valence-electron chi connectivity index (χ1n) is 7.82. The van der Waals surface area contributed by atoms with Crippen LogP contribution in [0.4, 0.5) is 5.82 Å². The molecular formula is C16H17BrClN5O2S. The second kappa shape index (κ2) is 7.42. The van der Waals surface area contributed by atoms with Gasteiger partial charge in [0, 0.05) is 24.0 Å². The quantitative estimate of drug-likeness (QED) is 0.611. The Hall–Kier alpha value is -1.84. The molecule has 0 saturated carbocycles. The number of sulfonamides is 1. The Bertz CT molecular complexity index is 1030. The number of halogens is 2. The maximum Gasteiger partial charge on any atom is 0.266 e. The maximum atomic E-state index is 12.7. The molecule has 0 fully saturated rings. The van der Waals surface area contributed by atoms with E-state index in [-0.39, 0.29) is 10.7 Å². The summed E-state index contributed by atoms with van der Waals surface area (Å²) in [5.74, 6) is 0.225. The maximum absolute atomic E-state index is 12.7. The second-order valence-electron chi connectivity index (χ2n) is 5.69. The third kappa shape index (κ3) is 4.11. The molecule has 0 bridgehead atoms. The van der Waals surface area contributed by atoms with Crippen LogP contribution < -0.4 is 4.72 Å². The number of hydrogen-bond donors (Lipinski definition) is 1. The summed E-state index contributed by atoms with van der Waals surface area (Å²) in [6, 6.07) is 7.38. The van der Waals surface area contributed by atoms with Crippen molar-refractivity contribution in [1.82, 2.24) is 19.6 Å². The van der Waals surface area contributed by atoms with Crippen LogP contribution in [-0.4, -0.2) is 28.0 Å². The van der Waals surface area contributed by atoms with E-state index < -0.39 is 10.0 Å². The highest BCUT2D eigenvalue weighted by Crippen LogP contribution is 2.25. The molecule has 0 amide bonds. The van der Waals surface area contributed by atoms with Gasteiger partial charge >= 0.3 is 0 Å². The van der Waals surface area contributed by atoms with Crippen LogP contribution in [0.2, 0.25) is 5.02 Å². The average molecular weight is 459 g/mol. The molecule has 0 aliphatic heterocycles. The highest BCUT2D eigenvalue weighted by molar-refractivity contribution is 9.10. The lowest BCUT2D eigenvalue weighted by molar-refractivity contribution is 0.599. The molecule has 0 aliphatic carbocycles. The van der Waals surface area contributed by atoms with E-state index in [9.17, 15) is 8.42 Å². The predicted molar refractivity (Wildman–Crippen MR) is 104 cm³/mol. The van der Waals surface area contributed by atoms with E-state index in [1.54, 1.807) is 34.6 Å². The van der Waals surface area contributed by atoms with E-state index in [0.29, 0.717) is 28.3 Å². The van der Waals surface area contributed by atoms with E-state index in [1.165, 1.54) is 6.20 Å². The van der Waals surface area contributed by atoms with E-state index in [0.717, 1.165) is 5.56 Å². The van der Waals surface area contributed by atoms with Gasteiger partial charge in [0.25, 0.3) is 10.0 Å². The number of hydrogen-bond acceptors (Lipinski definition) is 4. The van der Waals surface area contributed by atoms with Gasteiger partial charge in [-0.3, -0.25) is 14.1 Å². The first-order chi connectivity index (χ1) is 12.3. The molecule has 26 heavy (non-hydrogen) atoms. The Balaban J connectivity index is 1.82. The van der Waals surface area contributed by atoms with Gasteiger partial charge in [0.1, 0.15) is 4.90 Å². The Labute approximate surface area is 165 Å². The van der Waals surface area contributed by atoms with Crippen molar-refractivity contribution in [1.29, 1.82) is 0 Å². The minimum absolute atomic E-state index is 0.138. The Morgan fingerprint density at radius 1 is 1.15 bits per heavy atom. The molecule has 0 saturated heterocycles. The molecule has 0 radical (unpaired) electrons. The van der Waals surface area contributed by atoms with Crippen molar-refractivity contribution >= 4 is 43.4 Å². The van der Waals surface area contributed by atoms with Gasteiger partial charge in [-0.2, -0.15) is 10.2 Å². The molecule has 138 valence electrons. The zero-order chi connectivity index (χ0) is 18.9. The van der Waals surface area contributed by atoms with Crippen molar-refractivity contribution in [2.75, 3.05) is 4.72 Å². The Morgan fingerprint density at radius 3 is 2.46 bits per heavy atom. The number of aryl methyl sites for hydroxylation is 2. The second-order valence-corrected chi connectivity index (χ2v) is 8.63. The average Bonchev–Trinajstić information content (AvgIpc) is 3.12. The summed E-state index contributed by atoms with van der Waals surface area (Å²) in [5, 5.41) is 9.15. The predicted octanol–water partition coefficient (Wildman–Crippen LogP) is 3.67. The lowest BCUT2D eigenvalue weighted by atomic mass is 10.2. The summed E-state index contributed by atoms with van der Waals surface area (Å²) in [6.07, 6.45) is 3.23. The van der Waals surface area contributed by atoms with Crippen LogP contribution in [0.3, 0.4) is 0 Å². The summed E-state index contributed by atoms with van der Waals surface area (Å²) in [5.41, 5.74) is 1.44. The van der Waals surface area contributed by atoms with Crippen molar-refractivity contribution in [2.24, 2.45) is 0 Å². The minimum atomic E-state index is -3.78. The van der Waals surface area contributed by atoms with Crippen molar-refractivity contribution in [3.63, 3.8) is 0 Å². The fraction of sp³-hybridized carbons (Fsp3) is 0.250. The van der Waals surface area contributed by atoms with Crippen molar-refractivity contribution in [3.05, 3.63) is 57.4 Å². The zero-order valence-electron chi connectivity index (χ0n) is 14.1. The van der Waals surface area contributed by atoms with Crippen LogP contribution in [0.1, 0.15) is 18.2 Å². The molecule has 10 heteroatoms. The van der Waals surface area contributed by atoms with Gasteiger partial charge in [-0.25, -0.2) is 8.42 Å². The highest BCUT2D eigenvalue weighted by Gasteiger charge is 2.22. The number of rotatable bonds is 6. The zero-order valence-corrected chi connectivity index (χ0v) is 17.3. The van der Waals surface area contributed by atoms with E-state index in [1.807, 2.05) is 19.1 Å². The molecule has 0 atom stereocenters. The minimum Gasteiger partial charge on any atom is -0.271 e. The number of anilines is 1. The summed E-state index contributed by atoms with van der Waals surface area (Å²) < 4.78 is 31.6. The topological polar surface area (TPSA) is 81.8 Å². The molecule has 7 nitrogen and oxygen atoms in total. The van der Waals surface area contributed by atoms with Crippen LogP contribution in [0, 0.1) is 6.92 Å². The SMILES string of the molecule is CCn1cc(S(=O)(=O)Nc2nn(Cc3ccc(Cl)cc3)cc2Br)c(C)n1. The third-order valence-electron chi connectivity index (χ3n) is 3.72. The van der Waals surface area contributed by atoms with E-state index >= 15 is 0 Å². The van der Waals surface area contributed by atoms with Gasteiger partial charge in [-0.15, -0.1) is 0 Å². The summed E-state index contributed by atoms with van der Waals surface area (Å²) in [4.78, 5) is 0.138. The lowest BCUT2D eigenvalue weighted by Gasteiger charge is -2.05. The van der Waals surface area contributed by atoms with Gasteiger partial charge in [0.2, 0.25) is 0 Å². The number of aromatic nitrogens is 4. The monoisotopic (exact) mass is 457 g/mol. The van der Waals surface area contributed by atoms with Gasteiger partial charge < -0.3 is 0 Å². The number of benzene rings is 1. The van der Waals surface area contributed by atoms with Crippen molar-refractivity contribution < 1.29 is 8.42 Å². The third-order valence-corrected chi connectivity index (χ3v) is 5.99.